The van der Waals surface area contributed by atoms with Gasteiger partial charge in [-0.2, -0.15) is 5.10 Å². The molecule has 0 saturated heterocycles. The van der Waals surface area contributed by atoms with E-state index in [9.17, 15) is 0 Å². The Morgan fingerprint density at radius 2 is 1.83 bits per heavy atom. The number of aryl methyl sites for hydroxylation is 2. The molecule has 96 valence electrons. The van der Waals surface area contributed by atoms with E-state index in [2.05, 4.69) is 61.5 Å². The SMILES string of the molecule is Cc1cc(C)n(-c2ccc(CNC(C)C)cc2)n1. The fraction of sp³-hybridized carbons (Fsp3) is 0.400. The van der Waals surface area contributed by atoms with Crippen molar-refractivity contribution in [2.45, 2.75) is 40.3 Å². The van der Waals surface area contributed by atoms with Crippen LogP contribution in [-0.4, -0.2) is 15.8 Å². The second kappa shape index (κ2) is 5.36. The van der Waals surface area contributed by atoms with Gasteiger partial charge in [-0.3, -0.25) is 0 Å². The molecule has 1 aromatic heterocycles. The molecule has 1 heterocycles. The molecule has 0 aliphatic rings. The zero-order valence-corrected chi connectivity index (χ0v) is 11.6. The maximum absolute atomic E-state index is 4.49. The van der Waals surface area contributed by atoms with Gasteiger partial charge in [0, 0.05) is 18.3 Å². The first-order valence-electron chi connectivity index (χ1n) is 6.42. The third-order valence-electron chi connectivity index (χ3n) is 2.90. The van der Waals surface area contributed by atoms with Crippen LogP contribution in [0.3, 0.4) is 0 Å². The van der Waals surface area contributed by atoms with Crippen LogP contribution in [0.15, 0.2) is 30.3 Å². The van der Waals surface area contributed by atoms with E-state index in [1.54, 1.807) is 0 Å². The highest BCUT2D eigenvalue weighted by Crippen LogP contribution is 2.13. The summed E-state index contributed by atoms with van der Waals surface area (Å²) in [5.74, 6) is 0. The Labute approximate surface area is 109 Å². The number of hydrogen-bond acceptors (Lipinski definition) is 2. The molecule has 1 N–H and O–H groups in total. The first-order chi connectivity index (χ1) is 8.56. The fourth-order valence-electron chi connectivity index (χ4n) is 1.97. The lowest BCUT2D eigenvalue weighted by atomic mass is 10.2. The van der Waals surface area contributed by atoms with Crippen molar-refractivity contribution < 1.29 is 0 Å². The van der Waals surface area contributed by atoms with E-state index >= 15 is 0 Å². The summed E-state index contributed by atoms with van der Waals surface area (Å²) < 4.78 is 1.98. The second-order valence-electron chi connectivity index (χ2n) is 5.04. The third-order valence-corrected chi connectivity index (χ3v) is 2.90. The molecule has 0 saturated carbocycles. The molecule has 0 spiro atoms. The van der Waals surface area contributed by atoms with Crippen molar-refractivity contribution in [3.63, 3.8) is 0 Å². The van der Waals surface area contributed by atoms with Crippen LogP contribution >= 0.6 is 0 Å². The van der Waals surface area contributed by atoms with E-state index in [-0.39, 0.29) is 0 Å². The summed E-state index contributed by atoms with van der Waals surface area (Å²) >= 11 is 0. The standard InChI is InChI=1S/C15H21N3/c1-11(2)16-10-14-5-7-15(8-6-14)18-13(4)9-12(3)17-18/h5-9,11,16H,10H2,1-4H3. The molecule has 2 rings (SSSR count). The summed E-state index contributed by atoms with van der Waals surface area (Å²) in [6, 6.07) is 11.2. The number of hydrogen-bond donors (Lipinski definition) is 1. The van der Waals surface area contributed by atoms with Crippen molar-refractivity contribution in [3.8, 4) is 5.69 Å². The molecule has 18 heavy (non-hydrogen) atoms. The normalized spacial score (nSPS) is 11.2. The van der Waals surface area contributed by atoms with Gasteiger partial charge >= 0.3 is 0 Å². The van der Waals surface area contributed by atoms with Gasteiger partial charge in [-0.15, -0.1) is 0 Å². The van der Waals surface area contributed by atoms with E-state index in [0.29, 0.717) is 6.04 Å². The zero-order valence-electron chi connectivity index (χ0n) is 11.6. The van der Waals surface area contributed by atoms with Crippen LogP contribution < -0.4 is 5.32 Å². The van der Waals surface area contributed by atoms with Gasteiger partial charge in [-0.1, -0.05) is 26.0 Å². The highest BCUT2D eigenvalue weighted by molar-refractivity contribution is 5.35. The van der Waals surface area contributed by atoms with Gasteiger partial charge in [-0.25, -0.2) is 4.68 Å². The average Bonchev–Trinajstić information content (AvgIpc) is 2.66. The molecule has 0 bridgehead atoms. The molecule has 0 amide bonds. The Morgan fingerprint density at radius 3 is 2.33 bits per heavy atom. The number of nitrogens with one attached hydrogen (secondary N) is 1. The summed E-state index contributed by atoms with van der Waals surface area (Å²) in [5, 5.41) is 7.90. The van der Waals surface area contributed by atoms with E-state index in [0.717, 1.165) is 17.9 Å². The summed E-state index contributed by atoms with van der Waals surface area (Å²) in [4.78, 5) is 0. The monoisotopic (exact) mass is 243 g/mol. The first kappa shape index (κ1) is 12.8. The topological polar surface area (TPSA) is 29.9 Å². The van der Waals surface area contributed by atoms with Crippen LogP contribution in [0.1, 0.15) is 30.8 Å². The molecule has 0 aliphatic heterocycles. The van der Waals surface area contributed by atoms with Crippen LogP contribution in [0.2, 0.25) is 0 Å². The predicted molar refractivity (Wildman–Crippen MR) is 75.0 cm³/mol. The molecule has 3 heteroatoms. The lowest BCUT2D eigenvalue weighted by molar-refractivity contribution is 0.589. The summed E-state index contributed by atoms with van der Waals surface area (Å²) in [5.41, 5.74) is 4.64. The quantitative estimate of drug-likeness (QED) is 0.894. The third kappa shape index (κ3) is 2.99. The predicted octanol–water partition coefficient (Wildman–Crippen LogP) is 2.99. The Morgan fingerprint density at radius 1 is 1.17 bits per heavy atom. The molecule has 0 fully saturated rings. The molecule has 0 unspecified atom stereocenters. The number of aromatic nitrogens is 2. The van der Waals surface area contributed by atoms with E-state index in [1.165, 1.54) is 11.3 Å². The zero-order chi connectivity index (χ0) is 13.1. The van der Waals surface area contributed by atoms with Crippen molar-refractivity contribution in [2.24, 2.45) is 0 Å². The van der Waals surface area contributed by atoms with Crippen LogP contribution in [0.25, 0.3) is 5.69 Å². The molecule has 0 radical (unpaired) electrons. The Balaban J connectivity index is 2.15. The lowest BCUT2D eigenvalue weighted by Crippen LogP contribution is -2.21. The smallest absolute Gasteiger partial charge is 0.0648 e. The largest absolute Gasteiger partial charge is 0.310 e. The molecule has 3 nitrogen and oxygen atoms in total. The van der Waals surface area contributed by atoms with Crippen molar-refractivity contribution in [1.29, 1.82) is 0 Å². The number of benzene rings is 1. The van der Waals surface area contributed by atoms with Crippen LogP contribution in [0.4, 0.5) is 0 Å². The lowest BCUT2D eigenvalue weighted by Gasteiger charge is -2.09. The van der Waals surface area contributed by atoms with Gasteiger partial charge in [0.05, 0.1) is 11.4 Å². The highest BCUT2D eigenvalue weighted by atomic mass is 15.3. The van der Waals surface area contributed by atoms with Crippen LogP contribution in [-0.2, 0) is 6.54 Å². The summed E-state index contributed by atoms with van der Waals surface area (Å²) in [6.45, 7) is 9.32. The first-order valence-corrected chi connectivity index (χ1v) is 6.42. The number of rotatable bonds is 4. The summed E-state index contributed by atoms with van der Waals surface area (Å²) in [7, 11) is 0. The Kier molecular flexibility index (Phi) is 3.82. The molecule has 0 aliphatic carbocycles. The highest BCUT2D eigenvalue weighted by Gasteiger charge is 2.03. The van der Waals surface area contributed by atoms with Gasteiger partial charge in [0.15, 0.2) is 0 Å². The number of nitrogens with zero attached hydrogens (tertiary/aromatic N) is 2. The van der Waals surface area contributed by atoms with Crippen molar-refractivity contribution in [1.82, 2.24) is 15.1 Å². The van der Waals surface area contributed by atoms with Crippen molar-refractivity contribution >= 4 is 0 Å². The molecule has 1 aromatic carbocycles. The average molecular weight is 243 g/mol. The maximum atomic E-state index is 4.49. The van der Waals surface area contributed by atoms with E-state index in [1.807, 2.05) is 11.6 Å². The Hall–Kier alpha value is -1.61. The minimum absolute atomic E-state index is 0.515. The van der Waals surface area contributed by atoms with Gasteiger partial charge in [0.25, 0.3) is 0 Å². The minimum Gasteiger partial charge on any atom is -0.310 e. The van der Waals surface area contributed by atoms with Gasteiger partial charge in [0.2, 0.25) is 0 Å². The molecule has 2 aromatic rings. The fourth-order valence-corrected chi connectivity index (χ4v) is 1.97. The van der Waals surface area contributed by atoms with Crippen molar-refractivity contribution in [3.05, 3.63) is 47.3 Å². The van der Waals surface area contributed by atoms with Gasteiger partial charge < -0.3 is 5.32 Å². The Bertz CT molecular complexity index is 509. The van der Waals surface area contributed by atoms with Crippen LogP contribution in [0, 0.1) is 13.8 Å². The molecular weight excluding hydrogens is 222 g/mol. The molecular formula is C15H21N3. The van der Waals surface area contributed by atoms with Crippen molar-refractivity contribution in [2.75, 3.05) is 0 Å². The van der Waals surface area contributed by atoms with E-state index in [4.69, 9.17) is 0 Å². The second-order valence-corrected chi connectivity index (χ2v) is 5.04. The van der Waals surface area contributed by atoms with E-state index < -0.39 is 0 Å². The van der Waals surface area contributed by atoms with Crippen LogP contribution in [0.5, 0.6) is 0 Å². The maximum Gasteiger partial charge on any atom is 0.0648 e. The minimum atomic E-state index is 0.515. The summed E-state index contributed by atoms with van der Waals surface area (Å²) in [6.07, 6.45) is 0. The van der Waals surface area contributed by atoms with Gasteiger partial charge in [0.1, 0.15) is 0 Å². The molecule has 0 atom stereocenters. The van der Waals surface area contributed by atoms with Gasteiger partial charge in [-0.05, 0) is 37.6 Å².